The third-order valence-corrected chi connectivity index (χ3v) is 6.46. The molecule has 0 saturated heterocycles. The molecular formula is C19H33N. The number of hydrogen-bond donors (Lipinski definition) is 1. The highest BCUT2D eigenvalue weighted by molar-refractivity contribution is 5.09. The summed E-state index contributed by atoms with van der Waals surface area (Å²) in [5.41, 5.74) is 2.08. The van der Waals surface area contributed by atoms with E-state index in [1.165, 1.54) is 44.2 Å². The fraction of sp³-hybridized carbons (Fsp3) is 0.895. The molecule has 0 aliphatic heterocycles. The molecule has 0 aromatic carbocycles. The van der Waals surface area contributed by atoms with E-state index in [1.807, 2.05) is 0 Å². The lowest BCUT2D eigenvalue weighted by atomic mass is 9.47. The van der Waals surface area contributed by atoms with Crippen LogP contribution >= 0.6 is 0 Å². The van der Waals surface area contributed by atoms with Gasteiger partial charge in [-0.3, -0.25) is 0 Å². The quantitative estimate of drug-likeness (QED) is 0.650. The van der Waals surface area contributed by atoms with Crippen LogP contribution in [0.1, 0.15) is 71.6 Å². The van der Waals surface area contributed by atoms with Crippen molar-refractivity contribution in [2.45, 2.75) is 77.7 Å². The van der Waals surface area contributed by atoms with E-state index in [2.05, 4.69) is 25.7 Å². The van der Waals surface area contributed by atoms with Crippen molar-refractivity contribution in [2.75, 3.05) is 6.54 Å². The summed E-state index contributed by atoms with van der Waals surface area (Å²) in [7, 11) is 0. The zero-order chi connectivity index (χ0) is 14.2. The average Bonchev–Trinajstić information content (AvgIpc) is 2.41. The first-order chi connectivity index (χ1) is 9.65. The van der Waals surface area contributed by atoms with Gasteiger partial charge in [-0.05, 0) is 87.5 Å². The third-order valence-electron chi connectivity index (χ3n) is 6.46. The van der Waals surface area contributed by atoms with Crippen LogP contribution in [0, 0.1) is 23.2 Å². The third kappa shape index (κ3) is 2.71. The summed E-state index contributed by atoms with van der Waals surface area (Å²) in [5, 5.41) is 3.93. The summed E-state index contributed by atoms with van der Waals surface area (Å²) >= 11 is 0. The van der Waals surface area contributed by atoms with Crippen LogP contribution in [-0.2, 0) is 0 Å². The maximum Gasteiger partial charge on any atom is 0.0161 e. The van der Waals surface area contributed by atoms with Gasteiger partial charge in [0.25, 0.3) is 0 Å². The van der Waals surface area contributed by atoms with E-state index in [4.69, 9.17) is 0 Å². The highest BCUT2D eigenvalue weighted by atomic mass is 14.9. The van der Waals surface area contributed by atoms with Gasteiger partial charge in [0.1, 0.15) is 0 Å². The van der Waals surface area contributed by atoms with Crippen LogP contribution in [0.15, 0.2) is 12.2 Å². The Hall–Kier alpha value is -0.300. The Morgan fingerprint density at radius 3 is 2.10 bits per heavy atom. The van der Waals surface area contributed by atoms with Crippen molar-refractivity contribution in [3.05, 3.63) is 12.2 Å². The van der Waals surface area contributed by atoms with Gasteiger partial charge in [0, 0.05) is 6.04 Å². The summed E-state index contributed by atoms with van der Waals surface area (Å²) in [5.74, 6) is 3.17. The molecule has 4 saturated carbocycles. The Balaban J connectivity index is 1.76. The molecule has 1 heteroatoms. The molecule has 1 unspecified atom stereocenters. The maximum absolute atomic E-state index is 4.31. The Labute approximate surface area is 125 Å². The van der Waals surface area contributed by atoms with Crippen LogP contribution < -0.4 is 5.32 Å². The number of hydrogen-bond acceptors (Lipinski definition) is 1. The SMILES string of the molecule is C=C(CC)CC(NCCC)C12CC3CC(CC(C3)C1)C2. The fourth-order valence-corrected chi connectivity index (χ4v) is 5.86. The largest absolute Gasteiger partial charge is 0.313 e. The average molecular weight is 275 g/mol. The summed E-state index contributed by atoms with van der Waals surface area (Å²) in [4.78, 5) is 0. The normalized spacial score (nSPS) is 40.0. The van der Waals surface area contributed by atoms with Gasteiger partial charge in [-0.15, -0.1) is 0 Å². The Morgan fingerprint density at radius 1 is 1.10 bits per heavy atom. The maximum atomic E-state index is 4.31. The van der Waals surface area contributed by atoms with Crippen molar-refractivity contribution in [3.63, 3.8) is 0 Å². The highest BCUT2D eigenvalue weighted by Crippen LogP contribution is 2.61. The second kappa shape index (κ2) is 5.83. The van der Waals surface area contributed by atoms with Crippen molar-refractivity contribution in [1.82, 2.24) is 5.32 Å². The molecule has 4 aliphatic rings. The van der Waals surface area contributed by atoms with Gasteiger partial charge in [0.15, 0.2) is 0 Å². The highest BCUT2D eigenvalue weighted by Gasteiger charge is 2.53. The van der Waals surface area contributed by atoms with Gasteiger partial charge in [-0.2, -0.15) is 0 Å². The predicted octanol–water partition coefficient (Wildman–Crippen LogP) is 4.93. The molecule has 4 aliphatic carbocycles. The molecule has 0 radical (unpaired) electrons. The molecule has 4 rings (SSSR count). The van der Waals surface area contributed by atoms with Crippen LogP contribution in [0.2, 0.25) is 0 Å². The van der Waals surface area contributed by atoms with Crippen molar-refractivity contribution in [2.24, 2.45) is 23.2 Å². The van der Waals surface area contributed by atoms with Crippen LogP contribution in [0.25, 0.3) is 0 Å². The molecule has 0 aromatic rings. The Kier molecular flexibility index (Phi) is 4.26. The van der Waals surface area contributed by atoms with Crippen LogP contribution in [0.4, 0.5) is 0 Å². The van der Waals surface area contributed by atoms with Gasteiger partial charge in [-0.1, -0.05) is 26.0 Å². The van der Waals surface area contributed by atoms with E-state index >= 15 is 0 Å². The van der Waals surface area contributed by atoms with E-state index in [9.17, 15) is 0 Å². The van der Waals surface area contributed by atoms with E-state index in [-0.39, 0.29) is 0 Å². The van der Waals surface area contributed by atoms with E-state index in [1.54, 1.807) is 19.3 Å². The number of rotatable bonds is 7. The fourth-order valence-electron chi connectivity index (χ4n) is 5.86. The molecule has 0 heterocycles. The topological polar surface area (TPSA) is 12.0 Å². The first-order valence-corrected chi connectivity index (χ1v) is 9.05. The lowest BCUT2D eigenvalue weighted by Crippen LogP contribution is -2.56. The van der Waals surface area contributed by atoms with Crippen LogP contribution in [-0.4, -0.2) is 12.6 Å². The van der Waals surface area contributed by atoms with Crippen molar-refractivity contribution in [3.8, 4) is 0 Å². The first kappa shape index (κ1) is 14.6. The molecule has 0 amide bonds. The first-order valence-electron chi connectivity index (χ1n) is 9.05. The zero-order valence-corrected chi connectivity index (χ0v) is 13.6. The second-order valence-corrected chi connectivity index (χ2v) is 8.09. The Morgan fingerprint density at radius 2 is 1.65 bits per heavy atom. The molecule has 114 valence electrons. The van der Waals surface area contributed by atoms with Gasteiger partial charge < -0.3 is 5.32 Å². The molecule has 0 aromatic heterocycles. The summed E-state index contributed by atoms with van der Waals surface area (Å²) < 4.78 is 0. The molecule has 1 N–H and O–H groups in total. The lowest BCUT2D eigenvalue weighted by molar-refractivity contribution is -0.0736. The second-order valence-electron chi connectivity index (χ2n) is 8.09. The molecule has 4 fully saturated rings. The van der Waals surface area contributed by atoms with Crippen molar-refractivity contribution in [1.29, 1.82) is 0 Å². The summed E-state index contributed by atoms with van der Waals surface area (Å²) in [6, 6.07) is 0.711. The number of nitrogens with one attached hydrogen (secondary N) is 1. The standard InChI is InChI=1S/C19H33N/c1-4-6-20-18(7-14(3)5-2)19-11-15-8-16(12-19)10-17(9-15)13-19/h15-18,20H,3-13H2,1-2H3. The van der Waals surface area contributed by atoms with E-state index < -0.39 is 0 Å². The van der Waals surface area contributed by atoms with Gasteiger partial charge in [0.2, 0.25) is 0 Å². The monoisotopic (exact) mass is 275 g/mol. The smallest absolute Gasteiger partial charge is 0.0161 e. The summed E-state index contributed by atoms with van der Waals surface area (Å²) in [6.07, 6.45) is 12.8. The van der Waals surface area contributed by atoms with E-state index in [0.717, 1.165) is 24.2 Å². The van der Waals surface area contributed by atoms with Crippen LogP contribution in [0.5, 0.6) is 0 Å². The zero-order valence-electron chi connectivity index (χ0n) is 13.6. The molecule has 1 atom stereocenters. The van der Waals surface area contributed by atoms with Crippen molar-refractivity contribution >= 4 is 0 Å². The molecule has 20 heavy (non-hydrogen) atoms. The minimum absolute atomic E-state index is 0.627. The minimum atomic E-state index is 0.627. The van der Waals surface area contributed by atoms with Gasteiger partial charge >= 0.3 is 0 Å². The summed E-state index contributed by atoms with van der Waals surface area (Å²) in [6.45, 7) is 10.0. The lowest BCUT2D eigenvalue weighted by Gasteiger charge is -2.60. The molecule has 4 bridgehead atoms. The molecule has 1 nitrogen and oxygen atoms in total. The van der Waals surface area contributed by atoms with E-state index in [0.29, 0.717) is 11.5 Å². The minimum Gasteiger partial charge on any atom is -0.313 e. The van der Waals surface area contributed by atoms with Crippen molar-refractivity contribution < 1.29 is 0 Å². The van der Waals surface area contributed by atoms with Gasteiger partial charge in [-0.25, -0.2) is 0 Å². The molecular weight excluding hydrogens is 242 g/mol. The predicted molar refractivity (Wildman–Crippen MR) is 86.7 cm³/mol. The Bertz CT molecular complexity index is 321. The van der Waals surface area contributed by atoms with Gasteiger partial charge in [0.05, 0.1) is 0 Å². The van der Waals surface area contributed by atoms with Crippen LogP contribution in [0.3, 0.4) is 0 Å². The molecule has 0 spiro atoms.